The fourth-order valence-electron chi connectivity index (χ4n) is 2.50. The highest BCUT2D eigenvalue weighted by atomic mass is 35.5. The molecule has 1 heterocycles. The second kappa shape index (κ2) is 7.49. The minimum Gasteiger partial charge on any atom is -0.497 e. The molecular formula is C18H19ClN2O2. The summed E-state index contributed by atoms with van der Waals surface area (Å²) < 4.78 is 5.17. The Labute approximate surface area is 141 Å². The van der Waals surface area contributed by atoms with E-state index < -0.39 is 0 Å². The molecule has 5 heteroatoms. The average molecular weight is 331 g/mol. The molecule has 1 N–H and O–H groups in total. The van der Waals surface area contributed by atoms with Crippen LogP contribution in [-0.2, 0) is 11.4 Å². The summed E-state index contributed by atoms with van der Waals surface area (Å²) in [4.78, 5) is 5.51. The van der Waals surface area contributed by atoms with Gasteiger partial charge in [-0.2, -0.15) is 0 Å². The highest BCUT2D eigenvalue weighted by Crippen LogP contribution is 2.19. The predicted molar refractivity (Wildman–Crippen MR) is 92.2 cm³/mol. The first kappa shape index (κ1) is 15.8. The molecule has 4 nitrogen and oxygen atoms in total. The van der Waals surface area contributed by atoms with Crippen molar-refractivity contribution in [2.24, 2.45) is 5.16 Å². The number of halogens is 1. The molecule has 120 valence electrons. The van der Waals surface area contributed by atoms with E-state index in [9.17, 15) is 0 Å². The maximum atomic E-state index is 6.14. The summed E-state index contributed by atoms with van der Waals surface area (Å²) in [6.45, 7) is 1.45. The predicted octanol–water partition coefficient (Wildman–Crippen LogP) is 3.63. The molecule has 3 rings (SSSR count). The van der Waals surface area contributed by atoms with Crippen molar-refractivity contribution in [1.29, 1.82) is 0 Å². The summed E-state index contributed by atoms with van der Waals surface area (Å²) in [5.41, 5.74) is 3.13. The van der Waals surface area contributed by atoms with Crippen molar-refractivity contribution in [3.8, 4) is 5.75 Å². The molecule has 1 aliphatic rings. The van der Waals surface area contributed by atoms with Crippen molar-refractivity contribution >= 4 is 17.3 Å². The topological polar surface area (TPSA) is 42.9 Å². The first-order valence-electron chi connectivity index (χ1n) is 7.57. The molecule has 0 aliphatic carbocycles. The Morgan fingerprint density at radius 3 is 2.74 bits per heavy atom. The number of nitrogens with one attached hydrogen (secondary N) is 1. The standard InChI is InChI=1S/C18H19ClN2O2/c1-22-15-8-6-13(7-9-15)18-10-16(23-21-18)12-20-11-14-4-2-3-5-17(14)19/h2-9,16,20H,10-12H2,1H3. The zero-order valence-electron chi connectivity index (χ0n) is 13.0. The van der Waals surface area contributed by atoms with Crippen molar-refractivity contribution in [3.63, 3.8) is 0 Å². The Morgan fingerprint density at radius 1 is 1.22 bits per heavy atom. The number of nitrogens with zero attached hydrogens (tertiary/aromatic N) is 1. The van der Waals surface area contributed by atoms with E-state index in [2.05, 4.69) is 10.5 Å². The molecule has 0 radical (unpaired) electrons. The van der Waals surface area contributed by atoms with Gasteiger partial charge in [0.25, 0.3) is 0 Å². The minimum absolute atomic E-state index is 0.0505. The van der Waals surface area contributed by atoms with Crippen LogP contribution in [0.3, 0.4) is 0 Å². The van der Waals surface area contributed by atoms with Crippen LogP contribution in [0.2, 0.25) is 5.02 Å². The maximum absolute atomic E-state index is 6.14. The van der Waals surface area contributed by atoms with Crippen LogP contribution in [-0.4, -0.2) is 25.5 Å². The van der Waals surface area contributed by atoms with E-state index in [0.717, 1.165) is 47.1 Å². The molecular weight excluding hydrogens is 312 g/mol. The second-order valence-electron chi connectivity index (χ2n) is 5.42. The van der Waals surface area contributed by atoms with Gasteiger partial charge in [0.2, 0.25) is 0 Å². The Hall–Kier alpha value is -2.04. The molecule has 0 bridgehead atoms. The molecule has 1 atom stereocenters. The van der Waals surface area contributed by atoms with Crippen LogP contribution in [0.5, 0.6) is 5.75 Å². The van der Waals surface area contributed by atoms with E-state index in [4.69, 9.17) is 21.2 Å². The molecule has 0 saturated heterocycles. The van der Waals surface area contributed by atoms with Gasteiger partial charge in [0.05, 0.1) is 12.8 Å². The van der Waals surface area contributed by atoms with Gasteiger partial charge in [-0.1, -0.05) is 35.0 Å². The van der Waals surface area contributed by atoms with Crippen LogP contribution in [0.1, 0.15) is 17.5 Å². The van der Waals surface area contributed by atoms with Crippen LogP contribution < -0.4 is 10.1 Å². The highest BCUT2D eigenvalue weighted by Gasteiger charge is 2.21. The van der Waals surface area contributed by atoms with Gasteiger partial charge in [0, 0.05) is 24.5 Å². The lowest BCUT2D eigenvalue weighted by Gasteiger charge is -2.10. The molecule has 1 unspecified atom stereocenters. The first-order chi connectivity index (χ1) is 11.3. The van der Waals surface area contributed by atoms with E-state index in [-0.39, 0.29) is 6.10 Å². The molecule has 0 amide bonds. The van der Waals surface area contributed by atoms with Crippen molar-refractivity contribution in [2.45, 2.75) is 19.1 Å². The first-order valence-corrected chi connectivity index (χ1v) is 7.95. The number of hydrogen-bond acceptors (Lipinski definition) is 4. The summed E-state index contributed by atoms with van der Waals surface area (Å²) in [5.74, 6) is 0.839. The summed E-state index contributed by atoms with van der Waals surface area (Å²) in [7, 11) is 1.66. The van der Waals surface area contributed by atoms with Gasteiger partial charge in [0.1, 0.15) is 11.9 Å². The lowest BCUT2D eigenvalue weighted by molar-refractivity contribution is 0.0848. The van der Waals surface area contributed by atoms with Gasteiger partial charge in [-0.3, -0.25) is 0 Å². The van der Waals surface area contributed by atoms with Crippen molar-refractivity contribution in [2.75, 3.05) is 13.7 Å². The Kier molecular flexibility index (Phi) is 5.16. The monoisotopic (exact) mass is 330 g/mol. The van der Waals surface area contributed by atoms with Crippen LogP contribution >= 0.6 is 11.6 Å². The smallest absolute Gasteiger partial charge is 0.145 e. The van der Waals surface area contributed by atoms with E-state index >= 15 is 0 Å². The fraction of sp³-hybridized carbons (Fsp3) is 0.278. The molecule has 2 aromatic rings. The summed E-state index contributed by atoms with van der Waals surface area (Å²) in [6, 6.07) is 15.7. The van der Waals surface area contributed by atoms with Gasteiger partial charge in [0.15, 0.2) is 0 Å². The number of rotatable bonds is 6. The summed E-state index contributed by atoms with van der Waals surface area (Å²) >= 11 is 6.14. The third kappa shape index (κ3) is 4.03. The Morgan fingerprint density at radius 2 is 2.00 bits per heavy atom. The SMILES string of the molecule is COc1ccc(C2=NOC(CNCc3ccccc3Cl)C2)cc1. The van der Waals surface area contributed by atoms with Crippen molar-refractivity contribution < 1.29 is 9.57 Å². The summed E-state index contributed by atoms with van der Waals surface area (Å²) in [5, 5.41) is 8.35. The molecule has 0 aromatic heterocycles. The molecule has 23 heavy (non-hydrogen) atoms. The second-order valence-corrected chi connectivity index (χ2v) is 5.83. The van der Waals surface area contributed by atoms with E-state index in [1.807, 2.05) is 48.5 Å². The minimum atomic E-state index is 0.0505. The molecule has 0 spiro atoms. The van der Waals surface area contributed by atoms with E-state index in [1.165, 1.54) is 0 Å². The van der Waals surface area contributed by atoms with Gasteiger partial charge < -0.3 is 14.9 Å². The van der Waals surface area contributed by atoms with Gasteiger partial charge in [-0.05, 0) is 41.5 Å². The normalized spacial score (nSPS) is 16.8. The largest absolute Gasteiger partial charge is 0.497 e. The van der Waals surface area contributed by atoms with Gasteiger partial charge >= 0.3 is 0 Å². The zero-order chi connectivity index (χ0) is 16.1. The van der Waals surface area contributed by atoms with Crippen molar-refractivity contribution in [1.82, 2.24) is 5.32 Å². The molecule has 1 aliphatic heterocycles. The number of methoxy groups -OCH3 is 1. The third-order valence-electron chi connectivity index (χ3n) is 3.80. The zero-order valence-corrected chi connectivity index (χ0v) is 13.7. The quantitative estimate of drug-likeness (QED) is 0.879. The van der Waals surface area contributed by atoms with Crippen LogP contribution in [0.15, 0.2) is 53.7 Å². The Bertz CT molecular complexity index is 686. The lowest BCUT2D eigenvalue weighted by Crippen LogP contribution is -2.26. The Balaban J connectivity index is 1.48. The van der Waals surface area contributed by atoms with Gasteiger partial charge in [-0.25, -0.2) is 0 Å². The third-order valence-corrected chi connectivity index (χ3v) is 4.17. The van der Waals surface area contributed by atoms with E-state index in [1.54, 1.807) is 7.11 Å². The van der Waals surface area contributed by atoms with E-state index in [0.29, 0.717) is 0 Å². The van der Waals surface area contributed by atoms with Crippen LogP contribution in [0.25, 0.3) is 0 Å². The average Bonchev–Trinajstić information content (AvgIpc) is 3.06. The lowest BCUT2D eigenvalue weighted by atomic mass is 10.0. The number of benzene rings is 2. The maximum Gasteiger partial charge on any atom is 0.145 e. The summed E-state index contributed by atoms with van der Waals surface area (Å²) in [6.07, 6.45) is 0.844. The number of ether oxygens (including phenoxy) is 1. The molecule has 0 fully saturated rings. The van der Waals surface area contributed by atoms with Gasteiger partial charge in [-0.15, -0.1) is 0 Å². The van der Waals surface area contributed by atoms with Crippen LogP contribution in [0.4, 0.5) is 0 Å². The molecule has 0 saturated carbocycles. The van der Waals surface area contributed by atoms with Crippen LogP contribution in [0, 0.1) is 0 Å². The molecule has 2 aromatic carbocycles. The number of hydrogen-bond donors (Lipinski definition) is 1. The number of oxime groups is 1. The van der Waals surface area contributed by atoms with Crippen molar-refractivity contribution in [3.05, 3.63) is 64.7 Å². The highest BCUT2D eigenvalue weighted by molar-refractivity contribution is 6.31. The fourth-order valence-corrected chi connectivity index (χ4v) is 2.70.